The lowest BCUT2D eigenvalue weighted by molar-refractivity contribution is 1.06. The number of rotatable bonds is 0. The second kappa shape index (κ2) is 2.44. The molecule has 0 saturated carbocycles. The van der Waals surface area contributed by atoms with E-state index in [9.17, 15) is 0 Å². The number of fused-ring (bicyclic) bond motifs is 1. The minimum absolute atomic E-state index is 0.493. The second-order valence-corrected chi connectivity index (χ2v) is 2.82. The molecular formula is C9H9N3. The highest BCUT2D eigenvalue weighted by atomic mass is 15.1. The summed E-state index contributed by atoms with van der Waals surface area (Å²) in [5.41, 5.74) is 6.84. The molecule has 1 aromatic heterocycles. The van der Waals surface area contributed by atoms with Crippen LogP contribution in [0.2, 0.25) is 0 Å². The van der Waals surface area contributed by atoms with Crippen molar-refractivity contribution in [3.05, 3.63) is 30.0 Å². The van der Waals surface area contributed by atoms with Gasteiger partial charge >= 0.3 is 0 Å². The van der Waals surface area contributed by atoms with Gasteiger partial charge in [-0.3, -0.25) is 0 Å². The van der Waals surface area contributed by atoms with Gasteiger partial charge in [-0.2, -0.15) is 5.10 Å². The summed E-state index contributed by atoms with van der Waals surface area (Å²) in [5, 5.41) is 9.56. The predicted molar refractivity (Wildman–Crippen MR) is 48.7 cm³/mol. The fourth-order valence-electron chi connectivity index (χ4n) is 1.23. The van der Waals surface area contributed by atoms with Crippen LogP contribution < -0.4 is 5.73 Å². The number of aromatic nitrogens is 2. The van der Waals surface area contributed by atoms with E-state index < -0.39 is 0 Å². The maximum absolute atomic E-state index is 5.63. The molecule has 2 N–H and O–H groups in total. The van der Waals surface area contributed by atoms with E-state index in [1.807, 2.05) is 25.1 Å². The fraction of sp³-hybridized carbons (Fsp3) is 0.111. The van der Waals surface area contributed by atoms with E-state index >= 15 is 0 Å². The molecule has 0 aliphatic rings. The lowest BCUT2D eigenvalue weighted by atomic mass is 10.1. The molecule has 60 valence electrons. The molecule has 1 heterocycles. The molecule has 0 aliphatic heterocycles. The van der Waals surface area contributed by atoms with Crippen molar-refractivity contribution >= 4 is 16.6 Å². The van der Waals surface area contributed by atoms with Gasteiger partial charge in [0, 0.05) is 10.8 Å². The SMILES string of the molecule is Cc1ccc2c(N)nncc2c1. The van der Waals surface area contributed by atoms with Crippen LogP contribution in [0, 0.1) is 6.92 Å². The Morgan fingerprint density at radius 3 is 3.00 bits per heavy atom. The normalized spacial score (nSPS) is 10.4. The summed E-state index contributed by atoms with van der Waals surface area (Å²) in [5.74, 6) is 0.493. The molecule has 3 nitrogen and oxygen atoms in total. The van der Waals surface area contributed by atoms with E-state index in [1.54, 1.807) is 6.20 Å². The first-order chi connectivity index (χ1) is 5.77. The third kappa shape index (κ3) is 0.993. The second-order valence-electron chi connectivity index (χ2n) is 2.82. The van der Waals surface area contributed by atoms with Crippen LogP contribution in [0.1, 0.15) is 5.56 Å². The van der Waals surface area contributed by atoms with E-state index in [1.165, 1.54) is 5.56 Å². The number of hydrogen-bond donors (Lipinski definition) is 1. The van der Waals surface area contributed by atoms with Crippen molar-refractivity contribution in [1.29, 1.82) is 0 Å². The molecule has 0 atom stereocenters. The summed E-state index contributed by atoms with van der Waals surface area (Å²) in [7, 11) is 0. The quantitative estimate of drug-likeness (QED) is 0.634. The van der Waals surface area contributed by atoms with Crippen molar-refractivity contribution in [2.75, 3.05) is 5.73 Å². The van der Waals surface area contributed by atoms with Crippen molar-refractivity contribution in [1.82, 2.24) is 10.2 Å². The number of anilines is 1. The smallest absolute Gasteiger partial charge is 0.153 e. The van der Waals surface area contributed by atoms with Crippen molar-refractivity contribution in [2.24, 2.45) is 0 Å². The summed E-state index contributed by atoms with van der Waals surface area (Å²) < 4.78 is 0. The Hall–Kier alpha value is -1.64. The highest BCUT2D eigenvalue weighted by Gasteiger charge is 1.97. The van der Waals surface area contributed by atoms with Crippen molar-refractivity contribution in [2.45, 2.75) is 6.92 Å². The highest BCUT2D eigenvalue weighted by Crippen LogP contribution is 2.17. The Kier molecular flexibility index (Phi) is 1.43. The van der Waals surface area contributed by atoms with Crippen LogP contribution in [0.25, 0.3) is 10.8 Å². The Morgan fingerprint density at radius 1 is 1.33 bits per heavy atom. The van der Waals surface area contributed by atoms with E-state index in [-0.39, 0.29) is 0 Å². The van der Waals surface area contributed by atoms with Crippen LogP contribution in [0.3, 0.4) is 0 Å². The lowest BCUT2D eigenvalue weighted by Crippen LogP contribution is -1.93. The van der Waals surface area contributed by atoms with Gasteiger partial charge in [0.25, 0.3) is 0 Å². The maximum Gasteiger partial charge on any atom is 0.153 e. The number of hydrogen-bond acceptors (Lipinski definition) is 3. The van der Waals surface area contributed by atoms with Gasteiger partial charge in [-0.1, -0.05) is 17.7 Å². The minimum Gasteiger partial charge on any atom is -0.382 e. The summed E-state index contributed by atoms with van der Waals surface area (Å²) in [4.78, 5) is 0. The zero-order valence-corrected chi connectivity index (χ0v) is 6.78. The molecule has 0 aliphatic carbocycles. The first-order valence-corrected chi connectivity index (χ1v) is 3.75. The first-order valence-electron chi connectivity index (χ1n) is 3.75. The van der Waals surface area contributed by atoms with Gasteiger partial charge < -0.3 is 5.73 Å². The monoisotopic (exact) mass is 159 g/mol. The zero-order chi connectivity index (χ0) is 8.55. The molecule has 0 radical (unpaired) electrons. The van der Waals surface area contributed by atoms with Crippen LogP contribution in [-0.2, 0) is 0 Å². The Balaban J connectivity index is 2.86. The molecule has 2 aromatic rings. The van der Waals surface area contributed by atoms with Crippen LogP contribution in [0.5, 0.6) is 0 Å². The zero-order valence-electron chi connectivity index (χ0n) is 6.78. The largest absolute Gasteiger partial charge is 0.382 e. The van der Waals surface area contributed by atoms with E-state index in [0.29, 0.717) is 5.82 Å². The molecule has 0 unspecified atom stereocenters. The van der Waals surface area contributed by atoms with Crippen LogP contribution in [-0.4, -0.2) is 10.2 Å². The molecule has 0 fully saturated rings. The van der Waals surface area contributed by atoms with E-state index in [0.717, 1.165) is 10.8 Å². The van der Waals surface area contributed by atoms with Crippen molar-refractivity contribution in [3.63, 3.8) is 0 Å². The third-order valence-electron chi connectivity index (χ3n) is 1.85. The van der Waals surface area contributed by atoms with Crippen molar-refractivity contribution in [3.8, 4) is 0 Å². The average molecular weight is 159 g/mol. The third-order valence-corrected chi connectivity index (χ3v) is 1.85. The number of nitrogens with zero attached hydrogens (tertiary/aromatic N) is 2. The van der Waals surface area contributed by atoms with E-state index in [2.05, 4.69) is 10.2 Å². The van der Waals surface area contributed by atoms with Crippen LogP contribution >= 0.6 is 0 Å². The standard InChI is InChI=1S/C9H9N3/c1-6-2-3-8-7(4-6)5-11-12-9(8)10/h2-5H,1H3,(H2,10,12). The summed E-state index contributed by atoms with van der Waals surface area (Å²) in [6, 6.07) is 6.02. The summed E-state index contributed by atoms with van der Waals surface area (Å²) in [6.45, 7) is 2.04. The van der Waals surface area contributed by atoms with E-state index in [4.69, 9.17) is 5.73 Å². The number of nitrogen functional groups attached to an aromatic ring is 1. The molecule has 3 heteroatoms. The Labute approximate surface area is 70.2 Å². The van der Waals surface area contributed by atoms with Gasteiger partial charge in [0.05, 0.1) is 6.20 Å². The maximum atomic E-state index is 5.63. The topological polar surface area (TPSA) is 51.8 Å². The Bertz CT molecular complexity index is 423. The molecule has 2 rings (SSSR count). The summed E-state index contributed by atoms with van der Waals surface area (Å²) in [6.07, 6.45) is 1.72. The molecule has 1 aromatic carbocycles. The highest BCUT2D eigenvalue weighted by molar-refractivity contribution is 5.90. The van der Waals surface area contributed by atoms with Gasteiger partial charge in [0.2, 0.25) is 0 Å². The Morgan fingerprint density at radius 2 is 2.17 bits per heavy atom. The number of nitrogens with two attached hydrogens (primary N) is 1. The number of benzene rings is 1. The predicted octanol–water partition coefficient (Wildman–Crippen LogP) is 1.52. The fourth-order valence-corrected chi connectivity index (χ4v) is 1.23. The molecule has 0 spiro atoms. The average Bonchev–Trinajstić information content (AvgIpc) is 2.04. The van der Waals surface area contributed by atoms with Crippen molar-refractivity contribution < 1.29 is 0 Å². The molecular weight excluding hydrogens is 150 g/mol. The lowest BCUT2D eigenvalue weighted by Gasteiger charge is -1.99. The van der Waals surface area contributed by atoms with Gasteiger partial charge in [-0.05, 0) is 13.0 Å². The van der Waals surface area contributed by atoms with Gasteiger partial charge in [-0.25, -0.2) is 0 Å². The van der Waals surface area contributed by atoms with Gasteiger partial charge in [-0.15, -0.1) is 5.10 Å². The molecule has 0 amide bonds. The molecule has 0 saturated heterocycles. The van der Waals surface area contributed by atoms with Gasteiger partial charge in [0.15, 0.2) is 5.82 Å². The molecule has 0 bridgehead atoms. The van der Waals surface area contributed by atoms with Crippen LogP contribution in [0.15, 0.2) is 24.4 Å². The van der Waals surface area contributed by atoms with Gasteiger partial charge in [0.1, 0.15) is 0 Å². The summed E-state index contributed by atoms with van der Waals surface area (Å²) >= 11 is 0. The molecule has 12 heavy (non-hydrogen) atoms. The number of aryl methyl sites for hydroxylation is 1. The first kappa shape index (κ1) is 7.03. The van der Waals surface area contributed by atoms with Crippen LogP contribution in [0.4, 0.5) is 5.82 Å². The minimum atomic E-state index is 0.493.